The minimum absolute atomic E-state index is 0.0194. The summed E-state index contributed by atoms with van der Waals surface area (Å²) in [6.07, 6.45) is 3.24. The highest BCUT2D eigenvalue weighted by atomic mass is 35.5. The molecule has 1 N–H and O–H groups in total. The highest BCUT2D eigenvalue weighted by Crippen LogP contribution is 2.34. The first kappa shape index (κ1) is 27.3. The molecule has 12 heteroatoms. The SMILES string of the molecule is Cc1c(-c2cc(OCC(O)C3CC(=O)N(C)C3)c3c(Cl)cnn3c2)nn2c1CCN(C(=O)OC(C)(C)C)CC2. The Kier molecular flexibility index (Phi) is 7.23. The quantitative estimate of drug-likeness (QED) is 0.511. The lowest BCUT2D eigenvalue weighted by Crippen LogP contribution is -2.38. The van der Waals surface area contributed by atoms with Gasteiger partial charge in [0.1, 0.15) is 23.5 Å². The molecule has 1 fully saturated rings. The Morgan fingerprint density at radius 2 is 2.05 bits per heavy atom. The van der Waals surface area contributed by atoms with Gasteiger partial charge < -0.3 is 24.4 Å². The van der Waals surface area contributed by atoms with Crippen molar-refractivity contribution in [1.82, 2.24) is 29.2 Å². The number of hydrogen-bond donors (Lipinski definition) is 1. The van der Waals surface area contributed by atoms with E-state index in [0.29, 0.717) is 55.3 Å². The van der Waals surface area contributed by atoms with E-state index in [-0.39, 0.29) is 24.5 Å². The van der Waals surface area contributed by atoms with Crippen molar-refractivity contribution in [3.8, 4) is 17.0 Å². The van der Waals surface area contributed by atoms with Crippen molar-refractivity contribution in [2.24, 2.45) is 5.92 Å². The maximum atomic E-state index is 12.6. The molecule has 1 saturated heterocycles. The zero-order chi connectivity index (χ0) is 28.1. The van der Waals surface area contributed by atoms with Crippen molar-refractivity contribution in [2.75, 3.05) is 33.3 Å². The number of aromatic nitrogens is 4. The largest absolute Gasteiger partial charge is 0.489 e. The molecule has 2 unspecified atom stereocenters. The van der Waals surface area contributed by atoms with E-state index in [1.807, 2.05) is 44.6 Å². The lowest BCUT2D eigenvalue weighted by molar-refractivity contribution is -0.126. The van der Waals surface area contributed by atoms with Gasteiger partial charge >= 0.3 is 6.09 Å². The molecule has 0 bridgehead atoms. The molecule has 0 aromatic carbocycles. The third kappa shape index (κ3) is 5.56. The van der Waals surface area contributed by atoms with Crippen molar-refractivity contribution in [2.45, 2.75) is 58.8 Å². The van der Waals surface area contributed by atoms with Gasteiger partial charge in [-0.05, 0) is 39.3 Å². The highest BCUT2D eigenvalue weighted by Gasteiger charge is 2.33. The van der Waals surface area contributed by atoms with Crippen LogP contribution >= 0.6 is 11.6 Å². The fraction of sp³-hybridized carbons (Fsp3) is 0.556. The molecule has 3 aromatic rings. The summed E-state index contributed by atoms with van der Waals surface area (Å²) in [7, 11) is 1.73. The second-order valence-corrected chi connectivity index (χ2v) is 11.8. The average molecular weight is 559 g/mol. The number of rotatable bonds is 5. The van der Waals surface area contributed by atoms with Crippen molar-refractivity contribution in [3.63, 3.8) is 0 Å². The lowest BCUT2D eigenvalue weighted by atomic mass is 10.0. The van der Waals surface area contributed by atoms with E-state index in [2.05, 4.69) is 5.10 Å². The lowest BCUT2D eigenvalue weighted by Gasteiger charge is -2.26. The molecular formula is C27H35ClN6O5. The number of fused-ring (bicyclic) bond motifs is 2. The van der Waals surface area contributed by atoms with Crippen LogP contribution in [0, 0.1) is 12.8 Å². The van der Waals surface area contributed by atoms with Crippen molar-refractivity contribution < 1.29 is 24.2 Å². The molecule has 210 valence electrons. The van der Waals surface area contributed by atoms with Gasteiger partial charge in [-0.3, -0.25) is 9.48 Å². The second-order valence-electron chi connectivity index (χ2n) is 11.4. The Bertz CT molecular complexity index is 1410. The molecular weight excluding hydrogens is 524 g/mol. The Morgan fingerprint density at radius 3 is 2.74 bits per heavy atom. The van der Waals surface area contributed by atoms with Gasteiger partial charge in [0.05, 0.1) is 29.6 Å². The topological polar surface area (TPSA) is 114 Å². The summed E-state index contributed by atoms with van der Waals surface area (Å²) in [5.41, 5.74) is 3.70. The number of aliphatic hydroxyl groups is 1. The maximum absolute atomic E-state index is 12.6. The van der Waals surface area contributed by atoms with Crippen LogP contribution in [0.3, 0.4) is 0 Å². The van der Waals surface area contributed by atoms with Gasteiger partial charge in [-0.2, -0.15) is 10.2 Å². The van der Waals surface area contributed by atoms with Crippen molar-refractivity contribution in [1.29, 1.82) is 0 Å². The molecule has 2 amide bonds. The predicted molar refractivity (Wildman–Crippen MR) is 145 cm³/mol. The second kappa shape index (κ2) is 10.3. The third-order valence-corrected chi connectivity index (χ3v) is 7.58. The molecule has 0 aliphatic carbocycles. The molecule has 0 radical (unpaired) electrons. The van der Waals surface area contributed by atoms with E-state index < -0.39 is 11.7 Å². The van der Waals surface area contributed by atoms with E-state index in [1.54, 1.807) is 27.6 Å². The molecule has 11 nitrogen and oxygen atoms in total. The van der Waals surface area contributed by atoms with Gasteiger partial charge in [0, 0.05) is 62.9 Å². The fourth-order valence-electron chi connectivity index (χ4n) is 5.19. The number of carbonyl (C=O) groups excluding carboxylic acids is 2. The number of likely N-dealkylation sites (tertiary alicyclic amines) is 1. The summed E-state index contributed by atoms with van der Waals surface area (Å²) in [4.78, 5) is 27.9. The summed E-state index contributed by atoms with van der Waals surface area (Å²) in [5.74, 6) is 0.310. The minimum atomic E-state index is -0.803. The van der Waals surface area contributed by atoms with Crippen LogP contribution in [0.4, 0.5) is 4.79 Å². The van der Waals surface area contributed by atoms with E-state index >= 15 is 0 Å². The van der Waals surface area contributed by atoms with E-state index in [1.165, 1.54) is 0 Å². The number of halogens is 1. The van der Waals surface area contributed by atoms with Crippen LogP contribution in [-0.2, 0) is 22.5 Å². The molecule has 2 aliphatic heterocycles. The first-order valence-electron chi connectivity index (χ1n) is 13.2. The molecule has 2 atom stereocenters. The van der Waals surface area contributed by atoms with Gasteiger partial charge in [0.2, 0.25) is 5.91 Å². The molecule has 5 rings (SSSR count). The van der Waals surface area contributed by atoms with Crippen LogP contribution < -0.4 is 4.74 Å². The first-order valence-corrected chi connectivity index (χ1v) is 13.6. The first-order chi connectivity index (χ1) is 18.4. The average Bonchev–Trinajstić information content (AvgIpc) is 3.45. The van der Waals surface area contributed by atoms with Crippen molar-refractivity contribution in [3.05, 3.63) is 34.7 Å². The number of nitrogens with zero attached hydrogens (tertiary/aromatic N) is 6. The Balaban J connectivity index is 1.38. The molecule has 39 heavy (non-hydrogen) atoms. The summed E-state index contributed by atoms with van der Waals surface area (Å²) < 4.78 is 15.3. The Hall–Kier alpha value is -3.31. The van der Waals surface area contributed by atoms with Gasteiger partial charge in [-0.15, -0.1) is 0 Å². The summed E-state index contributed by atoms with van der Waals surface area (Å²) >= 11 is 6.43. The molecule has 5 heterocycles. The molecule has 3 aromatic heterocycles. The monoisotopic (exact) mass is 558 g/mol. The summed E-state index contributed by atoms with van der Waals surface area (Å²) in [5, 5.41) is 20.4. The van der Waals surface area contributed by atoms with Crippen LogP contribution in [0.2, 0.25) is 5.02 Å². The number of hydrogen-bond acceptors (Lipinski definition) is 7. The number of pyridine rings is 1. The van der Waals surface area contributed by atoms with E-state index in [4.69, 9.17) is 26.2 Å². The smallest absolute Gasteiger partial charge is 0.410 e. The minimum Gasteiger partial charge on any atom is -0.489 e. The molecule has 2 aliphatic rings. The van der Waals surface area contributed by atoms with Crippen LogP contribution in [-0.4, -0.2) is 91.3 Å². The number of ether oxygens (including phenoxy) is 2. The van der Waals surface area contributed by atoms with Gasteiger partial charge in [0.15, 0.2) is 0 Å². The van der Waals surface area contributed by atoms with Crippen LogP contribution in [0.15, 0.2) is 18.5 Å². The van der Waals surface area contributed by atoms with Gasteiger partial charge in [0.25, 0.3) is 0 Å². The van der Waals surface area contributed by atoms with E-state index in [9.17, 15) is 14.7 Å². The third-order valence-electron chi connectivity index (χ3n) is 7.30. The normalized spacial score (nSPS) is 18.8. The number of aliphatic hydroxyl groups excluding tert-OH is 1. The summed E-state index contributed by atoms with van der Waals surface area (Å²) in [6, 6.07) is 1.86. The zero-order valence-corrected chi connectivity index (χ0v) is 23.7. The van der Waals surface area contributed by atoms with Crippen LogP contribution in [0.25, 0.3) is 16.8 Å². The number of amides is 2. The summed E-state index contributed by atoms with van der Waals surface area (Å²) in [6.45, 7) is 9.72. The van der Waals surface area contributed by atoms with Gasteiger partial charge in [-0.25, -0.2) is 9.31 Å². The van der Waals surface area contributed by atoms with Gasteiger partial charge in [-0.1, -0.05) is 11.6 Å². The highest BCUT2D eigenvalue weighted by molar-refractivity contribution is 6.34. The molecule has 0 saturated carbocycles. The number of carbonyl (C=O) groups is 2. The van der Waals surface area contributed by atoms with E-state index in [0.717, 1.165) is 22.5 Å². The fourth-order valence-corrected chi connectivity index (χ4v) is 5.42. The molecule has 0 spiro atoms. The van der Waals surface area contributed by atoms with Crippen LogP contribution in [0.1, 0.15) is 38.4 Å². The zero-order valence-electron chi connectivity index (χ0n) is 23.0. The standard InChI is InChI=1S/C27H35ClN6O5/c1-16-20-6-7-32(26(37)39-27(2,3)4)8-9-33(20)30-24(16)18-10-22(25-19(28)12-29-34(25)14-18)38-15-21(35)17-11-23(36)31(5)13-17/h10,12,14,17,21,35H,6-9,11,13,15H2,1-5H3. The van der Waals surface area contributed by atoms with Crippen molar-refractivity contribution >= 4 is 29.1 Å². The van der Waals surface area contributed by atoms with Crippen LogP contribution in [0.5, 0.6) is 5.75 Å². The predicted octanol–water partition coefficient (Wildman–Crippen LogP) is 3.17. The Labute approximate surface area is 232 Å². The maximum Gasteiger partial charge on any atom is 0.410 e. The Morgan fingerprint density at radius 1 is 1.28 bits per heavy atom.